The second kappa shape index (κ2) is 5.93. The molecule has 106 valence electrons. The zero-order valence-electron chi connectivity index (χ0n) is 11.5. The van der Waals surface area contributed by atoms with E-state index < -0.39 is 0 Å². The van der Waals surface area contributed by atoms with Crippen LogP contribution in [-0.2, 0) is 6.42 Å². The summed E-state index contributed by atoms with van der Waals surface area (Å²) >= 11 is 5.29. The quantitative estimate of drug-likeness (QED) is 0.740. The number of hydrogen-bond acceptors (Lipinski definition) is 4. The van der Waals surface area contributed by atoms with Crippen LogP contribution >= 0.6 is 12.2 Å². The van der Waals surface area contributed by atoms with Crippen molar-refractivity contribution in [2.24, 2.45) is 0 Å². The number of rotatable bonds is 4. The van der Waals surface area contributed by atoms with Crippen molar-refractivity contribution in [2.75, 3.05) is 7.11 Å². The third kappa shape index (κ3) is 3.03. The largest absolute Gasteiger partial charge is 0.497 e. The maximum absolute atomic E-state index is 5.37. The van der Waals surface area contributed by atoms with E-state index in [-0.39, 0.29) is 0 Å². The summed E-state index contributed by atoms with van der Waals surface area (Å²) in [5.74, 6) is 1.69. The van der Waals surface area contributed by atoms with Crippen LogP contribution in [0.1, 0.15) is 11.3 Å². The molecule has 3 aromatic rings. The third-order valence-electron chi connectivity index (χ3n) is 3.21. The van der Waals surface area contributed by atoms with Crippen molar-refractivity contribution in [1.29, 1.82) is 0 Å². The molecule has 4 nitrogen and oxygen atoms in total. The monoisotopic (exact) mass is 298 g/mol. The van der Waals surface area contributed by atoms with Gasteiger partial charge in [-0.05, 0) is 48.0 Å². The molecule has 3 rings (SSSR count). The fraction of sp³-hybridized carbons (Fsp3) is 0.125. The van der Waals surface area contributed by atoms with E-state index in [1.165, 1.54) is 0 Å². The topological polar surface area (TPSA) is 51.0 Å². The minimum atomic E-state index is 0.628. The lowest BCUT2D eigenvalue weighted by atomic mass is 10.1. The first kappa shape index (κ1) is 13.6. The van der Waals surface area contributed by atoms with Gasteiger partial charge >= 0.3 is 0 Å². The minimum Gasteiger partial charge on any atom is -0.497 e. The molecule has 0 radical (unpaired) electrons. The number of H-pyrrole nitrogens is 1. The molecule has 0 saturated heterocycles. The minimum absolute atomic E-state index is 0.628. The van der Waals surface area contributed by atoms with Crippen LogP contribution in [0.25, 0.3) is 11.3 Å². The number of furan rings is 1. The predicted molar refractivity (Wildman–Crippen MR) is 82.9 cm³/mol. The first-order valence-corrected chi connectivity index (χ1v) is 6.92. The Balaban J connectivity index is 1.94. The molecule has 5 heteroatoms. The zero-order chi connectivity index (χ0) is 14.7. The highest BCUT2D eigenvalue weighted by molar-refractivity contribution is 7.71. The van der Waals surface area contributed by atoms with Crippen LogP contribution in [0.4, 0.5) is 0 Å². The van der Waals surface area contributed by atoms with E-state index in [0.29, 0.717) is 11.1 Å². The van der Waals surface area contributed by atoms with Gasteiger partial charge in [0.2, 0.25) is 0 Å². The maximum Gasteiger partial charge on any atom is 0.123 e. The molecule has 0 fully saturated rings. The Morgan fingerprint density at radius 2 is 2.05 bits per heavy atom. The average molecular weight is 298 g/mol. The summed E-state index contributed by atoms with van der Waals surface area (Å²) in [4.78, 5) is 0. The second-order valence-electron chi connectivity index (χ2n) is 4.59. The molecular formula is C16H14N2O2S. The Labute approximate surface area is 127 Å². The number of nitrogens with one attached hydrogen (secondary N) is 1. The van der Waals surface area contributed by atoms with Gasteiger partial charge in [-0.3, -0.25) is 5.10 Å². The van der Waals surface area contributed by atoms with Crippen molar-refractivity contribution in [2.45, 2.75) is 6.42 Å². The summed E-state index contributed by atoms with van der Waals surface area (Å²) in [7, 11) is 1.65. The molecule has 1 aromatic carbocycles. The van der Waals surface area contributed by atoms with Crippen LogP contribution in [0.15, 0.2) is 53.1 Å². The Kier molecular flexibility index (Phi) is 3.83. The molecule has 2 aromatic heterocycles. The summed E-state index contributed by atoms with van der Waals surface area (Å²) < 4.78 is 11.2. The van der Waals surface area contributed by atoms with E-state index in [9.17, 15) is 0 Å². The summed E-state index contributed by atoms with van der Waals surface area (Å²) in [5, 5.41) is 7.19. The lowest BCUT2D eigenvalue weighted by molar-refractivity contribution is 0.415. The summed E-state index contributed by atoms with van der Waals surface area (Å²) in [6, 6.07) is 13.5. The first-order valence-electron chi connectivity index (χ1n) is 6.51. The molecule has 0 aliphatic carbocycles. The number of ether oxygens (including phenoxy) is 1. The molecule has 1 N–H and O–H groups in total. The van der Waals surface area contributed by atoms with Crippen molar-refractivity contribution in [3.8, 4) is 17.0 Å². The van der Waals surface area contributed by atoms with E-state index in [0.717, 1.165) is 28.3 Å². The van der Waals surface area contributed by atoms with Gasteiger partial charge in [0.1, 0.15) is 16.2 Å². The molecule has 0 spiro atoms. The molecule has 0 aliphatic rings. The third-order valence-corrected chi connectivity index (χ3v) is 3.56. The van der Waals surface area contributed by atoms with Crippen molar-refractivity contribution in [3.63, 3.8) is 0 Å². The van der Waals surface area contributed by atoms with Crippen LogP contribution in [0, 0.1) is 4.64 Å². The number of hydrogen-bond donors (Lipinski definition) is 1. The van der Waals surface area contributed by atoms with Gasteiger partial charge in [0, 0.05) is 12.0 Å². The highest BCUT2D eigenvalue weighted by Gasteiger charge is 2.06. The molecule has 0 unspecified atom stereocenters. The van der Waals surface area contributed by atoms with Crippen molar-refractivity contribution < 1.29 is 9.15 Å². The summed E-state index contributed by atoms with van der Waals surface area (Å²) in [5.41, 5.74) is 2.83. The van der Waals surface area contributed by atoms with E-state index in [2.05, 4.69) is 10.2 Å². The molecule has 0 aliphatic heterocycles. The van der Waals surface area contributed by atoms with Gasteiger partial charge in [-0.2, -0.15) is 5.10 Å². The molecule has 0 amide bonds. The summed E-state index contributed by atoms with van der Waals surface area (Å²) in [6.45, 7) is 0. The average Bonchev–Trinajstić information content (AvgIpc) is 3.03. The summed E-state index contributed by atoms with van der Waals surface area (Å²) in [6.07, 6.45) is 2.31. The SMILES string of the molecule is COc1ccc(-c2cc(Cc3ccco3)c(=S)[nH]n2)cc1. The van der Waals surface area contributed by atoms with E-state index in [1.54, 1.807) is 13.4 Å². The van der Waals surface area contributed by atoms with Crippen LogP contribution in [0.3, 0.4) is 0 Å². The zero-order valence-corrected chi connectivity index (χ0v) is 12.3. The standard InChI is InChI=1S/C16H14N2O2S/c1-19-13-6-4-11(5-7-13)15-10-12(16(21)18-17-15)9-14-3-2-8-20-14/h2-8,10H,9H2,1H3,(H,18,21). The van der Waals surface area contributed by atoms with Gasteiger partial charge < -0.3 is 9.15 Å². The molecule has 21 heavy (non-hydrogen) atoms. The lowest BCUT2D eigenvalue weighted by Gasteiger charge is -2.05. The lowest BCUT2D eigenvalue weighted by Crippen LogP contribution is -1.95. The van der Waals surface area contributed by atoms with Crippen LogP contribution in [0.5, 0.6) is 5.75 Å². The van der Waals surface area contributed by atoms with Gasteiger partial charge in [0.05, 0.1) is 19.1 Å². The van der Waals surface area contributed by atoms with E-state index in [1.807, 2.05) is 42.5 Å². The molecule has 0 bridgehead atoms. The van der Waals surface area contributed by atoms with Crippen molar-refractivity contribution in [3.05, 3.63) is 64.7 Å². The van der Waals surface area contributed by atoms with E-state index in [4.69, 9.17) is 21.4 Å². The Bertz CT molecular complexity index is 777. The smallest absolute Gasteiger partial charge is 0.123 e. The van der Waals surface area contributed by atoms with Crippen molar-refractivity contribution >= 4 is 12.2 Å². The van der Waals surface area contributed by atoms with Gasteiger partial charge in [-0.15, -0.1) is 0 Å². The number of nitrogens with zero attached hydrogens (tertiary/aromatic N) is 1. The van der Waals surface area contributed by atoms with Crippen LogP contribution in [-0.4, -0.2) is 17.3 Å². The molecule has 2 heterocycles. The normalized spacial score (nSPS) is 10.5. The van der Waals surface area contributed by atoms with Gasteiger partial charge in [0.15, 0.2) is 0 Å². The van der Waals surface area contributed by atoms with Crippen molar-refractivity contribution in [1.82, 2.24) is 10.2 Å². The van der Waals surface area contributed by atoms with E-state index >= 15 is 0 Å². The number of benzene rings is 1. The van der Waals surface area contributed by atoms with Gasteiger partial charge in [-0.1, -0.05) is 12.2 Å². The highest BCUT2D eigenvalue weighted by Crippen LogP contribution is 2.22. The second-order valence-corrected chi connectivity index (χ2v) is 5.00. The Hall–Kier alpha value is -2.40. The van der Waals surface area contributed by atoms with Gasteiger partial charge in [0.25, 0.3) is 0 Å². The Morgan fingerprint density at radius 3 is 2.71 bits per heavy atom. The molecular weight excluding hydrogens is 284 g/mol. The highest BCUT2D eigenvalue weighted by atomic mass is 32.1. The maximum atomic E-state index is 5.37. The molecule has 0 saturated carbocycles. The number of aromatic amines is 1. The molecule has 0 atom stereocenters. The Morgan fingerprint density at radius 1 is 1.24 bits per heavy atom. The fourth-order valence-corrected chi connectivity index (χ4v) is 2.26. The van der Waals surface area contributed by atoms with Gasteiger partial charge in [-0.25, -0.2) is 0 Å². The number of methoxy groups -OCH3 is 1. The van der Waals surface area contributed by atoms with Crippen LogP contribution in [0.2, 0.25) is 0 Å². The fourth-order valence-electron chi connectivity index (χ4n) is 2.09. The number of aromatic nitrogens is 2. The first-order chi connectivity index (χ1) is 10.3. The predicted octanol–water partition coefficient (Wildman–Crippen LogP) is 4.00. The van der Waals surface area contributed by atoms with Crippen LogP contribution < -0.4 is 4.74 Å².